The van der Waals surface area contributed by atoms with E-state index in [1.807, 2.05) is 6.92 Å². The van der Waals surface area contributed by atoms with Crippen molar-refractivity contribution in [2.45, 2.75) is 20.3 Å². The number of oxime groups is 1. The van der Waals surface area contributed by atoms with Crippen LogP contribution >= 0.6 is 0 Å². The molecular formula is C6H11NO2. The Morgan fingerprint density at radius 3 is 2.33 bits per heavy atom. The van der Waals surface area contributed by atoms with Gasteiger partial charge in [0.1, 0.15) is 12.8 Å². The van der Waals surface area contributed by atoms with E-state index in [-0.39, 0.29) is 5.78 Å². The predicted molar refractivity (Wildman–Crippen MR) is 35.4 cm³/mol. The molecule has 0 heterocycles. The largest absolute Gasteiger partial charge is 0.399 e. The van der Waals surface area contributed by atoms with E-state index in [2.05, 4.69) is 9.99 Å². The van der Waals surface area contributed by atoms with Crippen molar-refractivity contribution < 1.29 is 9.63 Å². The van der Waals surface area contributed by atoms with Crippen molar-refractivity contribution in [3.63, 3.8) is 0 Å². The molecule has 0 saturated heterocycles. The van der Waals surface area contributed by atoms with Gasteiger partial charge in [-0.3, -0.25) is 4.79 Å². The molecule has 0 bridgehead atoms. The Kier molecular flexibility index (Phi) is 3.67. The van der Waals surface area contributed by atoms with Crippen LogP contribution < -0.4 is 0 Å². The second-order valence-corrected chi connectivity index (χ2v) is 1.63. The van der Waals surface area contributed by atoms with Crippen LogP contribution in [0.2, 0.25) is 0 Å². The van der Waals surface area contributed by atoms with Gasteiger partial charge in [0.25, 0.3) is 0 Å². The molecule has 0 aromatic heterocycles. The predicted octanol–water partition coefficient (Wildman–Crippen LogP) is 0.988. The average molecular weight is 129 g/mol. The van der Waals surface area contributed by atoms with Crippen LogP contribution in [0, 0.1) is 0 Å². The molecule has 0 unspecified atom stereocenters. The molecule has 0 rings (SSSR count). The summed E-state index contributed by atoms with van der Waals surface area (Å²) < 4.78 is 0. The molecule has 0 fully saturated rings. The summed E-state index contributed by atoms with van der Waals surface area (Å²) in [7, 11) is 1.43. The van der Waals surface area contributed by atoms with Crippen LogP contribution in [0.5, 0.6) is 0 Å². The van der Waals surface area contributed by atoms with Crippen LogP contribution in [0.25, 0.3) is 0 Å². The van der Waals surface area contributed by atoms with Gasteiger partial charge in [-0.05, 0) is 6.42 Å². The maximum absolute atomic E-state index is 10.6. The van der Waals surface area contributed by atoms with Gasteiger partial charge >= 0.3 is 0 Å². The fourth-order valence-corrected chi connectivity index (χ4v) is 0.488. The fraction of sp³-hybridized carbons (Fsp3) is 0.667. The van der Waals surface area contributed by atoms with Gasteiger partial charge in [-0.1, -0.05) is 12.1 Å². The zero-order chi connectivity index (χ0) is 7.28. The molecule has 0 aliphatic rings. The summed E-state index contributed by atoms with van der Waals surface area (Å²) in [5.74, 6) is -0.0284. The van der Waals surface area contributed by atoms with Crippen LogP contribution in [-0.2, 0) is 9.63 Å². The molecule has 0 N–H and O–H groups in total. The van der Waals surface area contributed by atoms with Crippen molar-refractivity contribution in [1.82, 2.24) is 0 Å². The lowest BCUT2D eigenvalue weighted by Gasteiger charge is -1.93. The fourth-order valence-electron chi connectivity index (χ4n) is 0.488. The second-order valence-electron chi connectivity index (χ2n) is 1.63. The Morgan fingerprint density at radius 1 is 1.67 bits per heavy atom. The number of carbonyl (C=O) groups excluding carboxylic acids is 1. The Morgan fingerprint density at radius 2 is 2.22 bits per heavy atom. The maximum atomic E-state index is 10.6. The normalized spacial score (nSPS) is 11.2. The Labute approximate surface area is 54.7 Å². The van der Waals surface area contributed by atoms with Crippen molar-refractivity contribution in [2.24, 2.45) is 5.16 Å². The molecule has 0 aliphatic carbocycles. The smallest absolute Gasteiger partial charge is 0.177 e. The topological polar surface area (TPSA) is 38.7 Å². The molecule has 0 radical (unpaired) electrons. The lowest BCUT2D eigenvalue weighted by molar-refractivity contribution is -0.111. The van der Waals surface area contributed by atoms with Gasteiger partial charge in [-0.25, -0.2) is 0 Å². The zero-order valence-electron chi connectivity index (χ0n) is 5.97. The van der Waals surface area contributed by atoms with E-state index < -0.39 is 0 Å². The number of carbonyl (C=O) groups is 1. The van der Waals surface area contributed by atoms with Crippen LogP contribution in [0.15, 0.2) is 5.16 Å². The highest BCUT2D eigenvalue weighted by atomic mass is 16.6. The summed E-state index contributed by atoms with van der Waals surface area (Å²) in [6, 6.07) is 0. The van der Waals surface area contributed by atoms with Gasteiger partial charge in [0.2, 0.25) is 0 Å². The molecule has 52 valence electrons. The van der Waals surface area contributed by atoms with Crippen molar-refractivity contribution in [1.29, 1.82) is 0 Å². The van der Waals surface area contributed by atoms with Gasteiger partial charge in [0.05, 0.1) is 0 Å². The van der Waals surface area contributed by atoms with E-state index in [1.54, 1.807) is 0 Å². The van der Waals surface area contributed by atoms with E-state index >= 15 is 0 Å². The van der Waals surface area contributed by atoms with Crippen LogP contribution in [0.3, 0.4) is 0 Å². The third-order valence-corrected chi connectivity index (χ3v) is 0.943. The Balaban J connectivity index is 3.98. The van der Waals surface area contributed by atoms with Crippen LogP contribution in [0.4, 0.5) is 0 Å². The number of rotatable bonds is 3. The monoisotopic (exact) mass is 129 g/mol. The number of ketones is 1. The number of hydrogen-bond acceptors (Lipinski definition) is 3. The third kappa shape index (κ3) is 2.85. The zero-order valence-corrected chi connectivity index (χ0v) is 5.97. The summed E-state index contributed by atoms with van der Waals surface area (Å²) in [5, 5.41) is 3.51. The Hall–Kier alpha value is -0.860. The minimum absolute atomic E-state index is 0.0284. The molecule has 0 aliphatic heterocycles. The molecule has 0 aromatic carbocycles. The highest BCUT2D eigenvalue weighted by Gasteiger charge is 2.01. The maximum Gasteiger partial charge on any atom is 0.177 e. The molecule has 0 aromatic rings. The van der Waals surface area contributed by atoms with E-state index in [9.17, 15) is 4.79 Å². The quantitative estimate of drug-likeness (QED) is 0.421. The minimum atomic E-state index is -0.0284. The third-order valence-electron chi connectivity index (χ3n) is 0.943. The van der Waals surface area contributed by atoms with Crippen molar-refractivity contribution in [3.8, 4) is 0 Å². The van der Waals surface area contributed by atoms with E-state index in [0.717, 1.165) is 0 Å². The first kappa shape index (κ1) is 8.14. The van der Waals surface area contributed by atoms with Gasteiger partial charge in [-0.15, -0.1) is 0 Å². The molecule has 9 heavy (non-hydrogen) atoms. The SMILES string of the molecule is CC/C(=N/OC)C(C)=O. The van der Waals surface area contributed by atoms with Gasteiger partial charge in [0, 0.05) is 6.92 Å². The first-order valence-electron chi connectivity index (χ1n) is 2.83. The molecule has 3 nitrogen and oxygen atoms in total. The first-order chi connectivity index (χ1) is 4.22. The summed E-state index contributed by atoms with van der Waals surface area (Å²) in [4.78, 5) is 15.0. The molecule has 0 atom stereocenters. The second kappa shape index (κ2) is 4.06. The highest BCUT2D eigenvalue weighted by molar-refractivity contribution is 6.38. The standard InChI is InChI=1S/C6H11NO2/c1-4-6(5(2)8)7-9-3/h4H2,1-3H3/b7-6-. The summed E-state index contributed by atoms with van der Waals surface area (Å²) in [6.45, 7) is 3.33. The highest BCUT2D eigenvalue weighted by Crippen LogP contribution is 1.87. The average Bonchev–Trinajstić information content (AvgIpc) is 1.82. The van der Waals surface area contributed by atoms with Crippen LogP contribution in [-0.4, -0.2) is 18.6 Å². The van der Waals surface area contributed by atoms with Gasteiger partial charge < -0.3 is 4.84 Å². The van der Waals surface area contributed by atoms with Crippen molar-refractivity contribution in [3.05, 3.63) is 0 Å². The lowest BCUT2D eigenvalue weighted by atomic mass is 10.2. The summed E-state index contributed by atoms with van der Waals surface area (Å²) >= 11 is 0. The Bertz CT molecular complexity index is 129. The molecule has 0 amide bonds. The summed E-state index contributed by atoms with van der Waals surface area (Å²) in [5.41, 5.74) is 0.484. The van der Waals surface area contributed by atoms with Crippen LogP contribution in [0.1, 0.15) is 20.3 Å². The molecule has 3 heteroatoms. The number of nitrogens with zero attached hydrogens (tertiary/aromatic N) is 1. The molecule has 0 spiro atoms. The van der Waals surface area contributed by atoms with E-state index in [0.29, 0.717) is 12.1 Å². The summed E-state index contributed by atoms with van der Waals surface area (Å²) in [6.07, 6.45) is 0.628. The number of Topliss-reactive ketones (excluding diaryl/α,β-unsaturated/α-hetero) is 1. The first-order valence-corrected chi connectivity index (χ1v) is 2.83. The number of hydrogen-bond donors (Lipinski definition) is 0. The molecular weight excluding hydrogens is 118 g/mol. The lowest BCUT2D eigenvalue weighted by Crippen LogP contribution is -2.08. The van der Waals surface area contributed by atoms with Crippen molar-refractivity contribution in [2.75, 3.05) is 7.11 Å². The minimum Gasteiger partial charge on any atom is -0.399 e. The van der Waals surface area contributed by atoms with Crippen molar-refractivity contribution >= 4 is 11.5 Å². The molecule has 0 saturated carbocycles. The van der Waals surface area contributed by atoms with E-state index in [4.69, 9.17) is 0 Å². The van der Waals surface area contributed by atoms with Gasteiger partial charge in [0.15, 0.2) is 5.78 Å². The van der Waals surface area contributed by atoms with Gasteiger partial charge in [-0.2, -0.15) is 0 Å². The van der Waals surface area contributed by atoms with E-state index in [1.165, 1.54) is 14.0 Å².